The lowest BCUT2D eigenvalue weighted by Crippen LogP contribution is -2.31. The van der Waals surface area contributed by atoms with Gasteiger partial charge in [-0.2, -0.15) is 5.26 Å². The van der Waals surface area contributed by atoms with Crippen LogP contribution < -0.4 is 21.7 Å². The van der Waals surface area contributed by atoms with Crippen molar-refractivity contribution in [3.63, 3.8) is 0 Å². The molecule has 10 heteroatoms. The Hall–Kier alpha value is -3.16. The lowest BCUT2D eigenvalue weighted by atomic mass is 9.98. The van der Waals surface area contributed by atoms with Gasteiger partial charge in [0.1, 0.15) is 17.6 Å². The summed E-state index contributed by atoms with van der Waals surface area (Å²) in [4.78, 5) is 19.2. The molecule has 2 aromatic rings. The molecule has 27 heavy (non-hydrogen) atoms. The molecule has 3 heterocycles. The Morgan fingerprint density at radius 3 is 2.67 bits per heavy atom. The van der Waals surface area contributed by atoms with E-state index in [2.05, 4.69) is 41.8 Å². The minimum atomic E-state index is 0.234. The number of carbonyl (C=O) groups excluding carboxylic acids is 1. The zero-order valence-corrected chi connectivity index (χ0v) is 15.1. The number of nitrogens with two attached hydrogens (primary N) is 1. The zero-order valence-electron chi connectivity index (χ0n) is 15.1. The molecule has 2 aromatic heterocycles. The van der Waals surface area contributed by atoms with Gasteiger partial charge in [-0.25, -0.2) is 9.97 Å². The molecule has 1 fully saturated rings. The molecule has 142 valence electrons. The van der Waals surface area contributed by atoms with E-state index >= 15 is 0 Å². The standard InChI is InChI=1S/C16H18N8O.CH5N/c17-6-12-8-21-16(9-19-12)22-15-5-13(14(10-25)23-24-15)20-7-11-1-3-18-4-2-11;1-2/h5,8-11,18H,1-4,7H2,(H2,20,21,22,24);2H2,1H3. The molecule has 0 saturated carbocycles. The average Bonchev–Trinajstić information content (AvgIpc) is 2.75. The third kappa shape index (κ3) is 5.95. The van der Waals surface area contributed by atoms with Crippen LogP contribution in [0.1, 0.15) is 29.0 Å². The zero-order chi connectivity index (χ0) is 19.5. The van der Waals surface area contributed by atoms with Crippen LogP contribution in [0.3, 0.4) is 0 Å². The Labute approximate surface area is 157 Å². The average molecular weight is 369 g/mol. The minimum absolute atomic E-state index is 0.234. The smallest absolute Gasteiger partial charge is 0.172 e. The number of carbonyl (C=O) groups is 1. The molecule has 10 nitrogen and oxygen atoms in total. The summed E-state index contributed by atoms with van der Waals surface area (Å²) < 4.78 is 0. The van der Waals surface area contributed by atoms with E-state index in [1.165, 1.54) is 19.4 Å². The van der Waals surface area contributed by atoms with Gasteiger partial charge >= 0.3 is 0 Å². The lowest BCUT2D eigenvalue weighted by molar-refractivity contribution is 0.111. The molecule has 0 aromatic carbocycles. The van der Waals surface area contributed by atoms with Gasteiger partial charge in [0.2, 0.25) is 0 Å². The highest BCUT2D eigenvalue weighted by Crippen LogP contribution is 2.19. The van der Waals surface area contributed by atoms with Crippen LogP contribution in [0, 0.1) is 17.2 Å². The Morgan fingerprint density at radius 1 is 1.26 bits per heavy atom. The fraction of sp³-hybridized carbons (Fsp3) is 0.412. The molecule has 0 unspecified atom stereocenters. The number of anilines is 3. The minimum Gasteiger partial charge on any atom is -0.383 e. The maximum absolute atomic E-state index is 11.2. The Bertz CT molecular complexity index is 767. The van der Waals surface area contributed by atoms with Gasteiger partial charge in [0.05, 0.1) is 18.1 Å². The first-order valence-corrected chi connectivity index (χ1v) is 8.63. The third-order valence-corrected chi connectivity index (χ3v) is 4.00. The second-order valence-corrected chi connectivity index (χ2v) is 5.74. The van der Waals surface area contributed by atoms with E-state index < -0.39 is 0 Å². The largest absolute Gasteiger partial charge is 0.383 e. The number of nitriles is 1. The van der Waals surface area contributed by atoms with Gasteiger partial charge in [0.25, 0.3) is 0 Å². The summed E-state index contributed by atoms with van der Waals surface area (Å²) in [5.41, 5.74) is 5.63. The van der Waals surface area contributed by atoms with Crippen LogP contribution in [0.25, 0.3) is 0 Å². The van der Waals surface area contributed by atoms with E-state index in [9.17, 15) is 4.79 Å². The van der Waals surface area contributed by atoms with E-state index in [1.54, 1.807) is 6.07 Å². The van der Waals surface area contributed by atoms with Gasteiger partial charge in [-0.3, -0.25) is 4.79 Å². The monoisotopic (exact) mass is 369 g/mol. The van der Waals surface area contributed by atoms with Gasteiger partial charge in [0, 0.05) is 12.6 Å². The number of nitrogens with one attached hydrogen (secondary N) is 3. The Morgan fingerprint density at radius 2 is 2.04 bits per heavy atom. The second kappa shape index (κ2) is 10.7. The number of aldehydes is 1. The first kappa shape index (κ1) is 20.2. The molecule has 0 spiro atoms. The normalized spacial score (nSPS) is 13.7. The van der Waals surface area contributed by atoms with Crippen LogP contribution in [-0.2, 0) is 0 Å². The van der Waals surface area contributed by atoms with Crippen LogP contribution >= 0.6 is 0 Å². The summed E-state index contributed by atoms with van der Waals surface area (Å²) in [5, 5.41) is 26.2. The van der Waals surface area contributed by atoms with E-state index in [4.69, 9.17) is 5.26 Å². The molecule has 0 radical (unpaired) electrons. The highest BCUT2D eigenvalue weighted by Gasteiger charge is 2.14. The van der Waals surface area contributed by atoms with Crippen LogP contribution in [-0.4, -0.2) is 53.1 Å². The predicted octanol–water partition coefficient (Wildman–Crippen LogP) is 0.681. The van der Waals surface area contributed by atoms with Gasteiger partial charge < -0.3 is 21.7 Å². The first-order chi connectivity index (χ1) is 13.3. The topological polar surface area (TPSA) is 155 Å². The van der Waals surface area contributed by atoms with Gasteiger partial charge in [-0.15, -0.1) is 10.2 Å². The number of hydrogen-bond donors (Lipinski definition) is 4. The summed E-state index contributed by atoms with van der Waals surface area (Å²) in [5.74, 6) is 1.45. The van der Waals surface area contributed by atoms with Crippen LogP contribution in [0.2, 0.25) is 0 Å². The first-order valence-electron chi connectivity index (χ1n) is 8.63. The van der Waals surface area contributed by atoms with E-state index in [0.29, 0.717) is 29.5 Å². The van der Waals surface area contributed by atoms with E-state index in [-0.39, 0.29) is 11.4 Å². The van der Waals surface area contributed by atoms with Gasteiger partial charge in [-0.1, -0.05) is 0 Å². The van der Waals surface area contributed by atoms with E-state index in [1.807, 2.05) is 6.07 Å². The molecule has 3 rings (SSSR count). The van der Waals surface area contributed by atoms with Crippen LogP contribution in [0.15, 0.2) is 18.5 Å². The van der Waals surface area contributed by atoms with Crippen molar-refractivity contribution in [2.45, 2.75) is 12.8 Å². The molecule has 0 amide bonds. The van der Waals surface area contributed by atoms with Gasteiger partial charge in [-0.05, 0) is 38.9 Å². The highest BCUT2D eigenvalue weighted by molar-refractivity contribution is 5.82. The summed E-state index contributed by atoms with van der Waals surface area (Å²) >= 11 is 0. The van der Waals surface area contributed by atoms with Crippen LogP contribution in [0.5, 0.6) is 0 Å². The van der Waals surface area contributed by atoms with Crippen molar-refractivity contribution in [1.82, 2.24) is 25.5 Å². The number of nitrogens with zero attached hydrogens (tertiary/aromatic N) is 5. The van der Waals surface area contributed by atoms with Crippen molar-refractivity contribution in [3.8, 4) is 6.07 Å². The van der Waals surface area contributed by atoms with Crippen molar-refractivity contribution < 1.29 is 4.79 Å². The van der Waals surface area contributed by atoms with Crippen LogP contribution in [0.4, 0.5) is 17.3 Å². The van der Waals surface area contributed by atoms with Crippen molar-refractivity contribution in [2.24, 2.45) is 11.7 Å². The molecular formula is C17H23N9O. The molecule has 0 atom stereocenters. The molecule has 1 aliphatic heterocycles. The number of piperidine rings is 1. The van der Waals surface area contributed by atoms with Crippen molar-refractivity contribution >= 4 is 23.6 Å². The molecular weight excluding hydrogens is 346 g/mol. The number of rotatable bonds is 6. The third-order valence-electron chi connectivity index (χ3n) is 4.00. The summed E-state index contributed by atoms with van der Waals surface area (Å²) in [7, 11) is 1.50. The van der Waals surface area contributed by atoms with Gasteiger partial charge in [0.15, 0.2) is 17.8 Å². The predicted molar refractivity (Wildman–Crippen MR) is 102 cm³/mol. The Kier molecular flexibility index (Phi) is 8.02. The van der Waals surface area contributed by atoms with E-state index in [0.717, 1.165) is 32.5 Å². The molecule has 1 aliphatic rings. The maximum Gasteiger partial charge on any atom is 0.172 e. The SMILES string of the molecule is CN.N#Cc1cnc(Nc2cc(NCC3CCNCC3)c(C=O)nn2)cn1. The highest BCUT2D eigenvalue weighted by atomic mass is 16.1. The van der Waals surface area contributed by atoms with Crippen molar-refractivity contribution in [3.05, 3.63) is 29.8 Å². The second-order valence-electron chi connectivity index (χ2n) is 5.74. The number of hydrogen-bond acceptors (Lipinski definition) is 10. The maximum atomic E-state index is 11.2. The summed E-state index contributed by atoms with van der Waals surface area (Å²) in [6.45, 7) is 2.82. The lowest BCUT2D eigenvalue weighted by Gasteiger charge is -2.23. The fourth-order valence-electron chi connectivity index (χ4n) is 2.61. The molecule has 1 saturated heterocycles. The Balaban J connectivity index is 0.00000126. The quantitative estimate of drug-likeness (QED) is 0.534. The fourth-order valence-corrected chi connectivity index (χ4v) is 2.61. The van der Waals surface area contributed by atoms with Crippen molar-refractivity contribution in [2.75, 3.05) is 37.3 Å². The summed E-state index contributed by atoms with van der Waals surface area (Å²) in [6.07, 6.45) is 5.70. The molecule has 0 aliphatic carbocycles. The summed E-state index contributed by atoms with van der Waals surface area (Å²) in [6, 6.07) is 3.63. The number of aromatic nitrogens is 4. The molecule has 5 N–H and O–H groups in total. The van der Waals surface area contributed by atoms with Crippen molar-refractivity contribution in [1.29, 1.82) is 5.26 Å². The molecule has 0 bridgehead atoms.